The minimum absolute atomic E-state index is 0.0905. The third-order valence-corrected chi connectivity index (χ3v) is 9.20. The first-order valence-electron chi connectivity index (χ1n) is 14.6. The fourth-order valence-corrected chi connectivity index (χ4v) is 6.51. The van der Waals surface area contributed by atoms with Gasteiger partial charge in [0, 0.05) is 32.8 Å². The van der Waals surface area contributed by atoms with E-state index in [4.69, 9.17) is 0 Å². The molecule has 0 saturated carbocycles. The van der Waals surface area contributed by atoms with Gasteiger partial charge in [-0.05, 0) is 77.9 Å². The molecular weight excluding hydrogens is 631 g/mol. The van der Waals surface area contributed by atoms with Crippen LogP contribution in [0.15, 0.2) is 124 Å². The van der Waals surface area contributed by atoms with Gasteiger partial charge >= 0.3 is 0 Å². The van der Waals surface area contributed by atoms with Gasteiger partial charge in [0.1, 0.15) is 5.70 Å². The van der Waals surface area contributed by atoms with Gasteiger partial charge in [0.2, 0.25) is 5.91 Å². The number of hydrogen-bond acceptors (Lipinski definition) is 7. The number of hydrogen-bond donors (Lipinski definition) is 3. The predicted molar refractivity (Wildman–Crippen MR) is 185 cm³/mol. The number of thioether (sulfide) groups is 1. The summed E-state index contributed by atoms with van der Waals surface area (Å²) < 4.78 is 0. The molecule has 4 aromatic carbocycles. The second kappa shape index (κ2) is 13.8. The molecule has 1 atom stereocenters. The number of rotatable bonds is 9. The first-order chi connectivity index (χ1) is 22.8. The van der Waals surface area contributed by atoms with Crippen molar-refractivity contribution < 1.29 is 24.0 Å². The molecule has 1 heterocycles. The van der Waals surface area contributed by atoms with Crippen LogP contribution in [0.4, 0.5) is 11.4 Å². The molecule has 1 aromatic heterocycles. The lowest BCUT2D eigenvalue weighted by atomic mass is 9.83. The van der Waals surface area contributed by atoms with Crippen molar-refractivity contribution in [1.82, 2.24) is 5.32 Å². The maximum atomic E-state index is 13.3. The summed E-state index contributed by atoms with van der Waals surface area (Å²) in [6, 6.07) is 29.0. The number of carbonyl (C=O) groups is 5. The van der Waals surface area contributed by atoms with Gasteiger partial charge in [0.25, 0.3) is 11.8 Å². The van der Waals surface area contributed by atoms with Gasteiger partial charge < -0.3 is 16.0 Å². The van der Waals surface area contributed by atoms with Crippen molar-refractivity contribution in [2.75, 3.05) is 10.6 Å². The van der Waals surface area contributed by atoms with Gasteiger partial charge in [0.05, 0.1) is 16.5 Å². The van der Waals surface area contributed by atoms with Gasteiger partial charge in [-0.2, -0.15) is 11.3 Å². The van der Waals surface area contributed by atoms with Crippen molar-refractivity contribution in [3.8, 4) is 0 Å². The molecule has 0 bridgehead atoms. The molecule has 3 N–H and O–H groups in total. The van der Waals surface area contributed by atoms with Crippen LogP contribution in [0.3, 0.4) is 0 Å². The van der Waals surface area contributed by atoms with E-state index in [1.165, 1.54) is 23.1 Å². The molecule has 0 radical (unpaired) electrons. The Labute approximate surface area is 278 Å². The molecule has 10 heteroatoms. The zero-order valence-electron chi connectivity index (χ0n) is 25.0. The highest BCUT2D eigenvalue weighted by atomic mass is 32.2. The lowest BCUT2D eigenvalue weighted by molar-refractivity contribution is -0.115. The largest absolute Gasteiger partial charge is 0.324 e. The topological polar surface area (TPSA) is 121 Å². The number of carbonyl (C=O) groups excluding carboxylic acids is 5. The lowest BCUT2D eigenvalue weighted by Gasteiger charge is -2.21. The Morgan fingerprint density at radius 1 is 0.745 bits per heavy atom. The summed E-state index contributed by atoms with van der Waals surface area (Å²) in [5.74, 6) is -1.80. The van der Waals surface area contributed by atoms with Crippen molar-refractivity contribution >= 4 is 69.8 Å². The zero-order chi connectivity index (χ0) is 32.9. The van der Waals surface area contributed by atoms with Crippen LogP contribution in [0.5, 0.6) is 0 Å². The second-order valence-electron chi connectivity index (χ2n) is 10.6. The molecule has 5 aromatic rings. The Morgan fingerprint density at radius 2 is 1.43 bits per heavy atom. The first kappa shape index (κ1) is 31.4. The highest BCUT2D eigenvalue weighted by Crippen LogP contribution is 2.33. The van der Waals surface area contributed by atoms with Crippen molar-refractivity contribution in [1.29, 1.82) is 0 Å². The molecule has 1 aliphatic rings. The summed E-state index contributed by atoms with van der Waals surface area (Å²) in [7, 11) is 0. The number of anilines is 2. The Morgan fingerprint density at radius 3 is 2.13 bits per heavy atom. The van der Waals surface area contributed by atoms with Gasteiger partial charge in [-0.25, -0.2) is 0 Å². The van der Waals surface area contributed by atoms with Gasteiger partial charge in [-0.3, -0.25) is 24.0 Å². The third-order valence-electron chi connectivity index (χ3n) is 7.39. The number of ketones is 2. The molecule has 0 aliphatic heterocycles. The molecular formula is C37H27N3O5S2. The SMILES string of the molecule is CC(Sc1ccc(NC(=O)/C(=C/c2ccsc2)NC(=O)c2ccccc2)cc1)C(=O)Nc1cccc2c1C(=O)c1ccccc1C2=O. The molecule has 232 valence electrons. The summed E-state index contributed by atoms with van der Waals surface area (Å²) in [6.45, 7) is 1.74. The summed E-state index contributed by atoms with van der Waals surface area (Å²) >= 11 is 2.77. The monoisotopic (exact) mass is 657 g/mol. The van der Waals surface area contributed by atoms with E-state index in [1.807, 2.05) is 16.8 Å². The smallest absolute Gasteiger partial charge is 0.272 e. The summed E-state index contributed by atoms with van der Waals surface area (Å²) in [4.78, 5) is 66.4. The highest BCUT2D eigenvalue weighted by Gasteiger charge is 2.32. The van der Waals surface area contributed by atoms with Crippen molar-refractivity contribution in [3.05, 3.63) is 153 Å². The van der Waals surface area contributed by atoms with Crippen LogP contribution in [0.1, 0.15) is 54.7 Å². The van der Waals surface area contributed by atoms with E-state index >= 15 is 0 Å². The molecule has 0 saturated heterocycles. The molecule has 1 unspecified atom stereocenters. The Bertz CT molecular complexity index is 2040. The molecule has 8 nitrogen and oxygen atoms in total. The van der Waals surface area contributed by atoms with E-state index in [-0.39, 0.29) is 40.0 Å². The maximum Gasteiger partial charge on any atom is 0.272 e. The fraction of sp³-hybridized carbons (Fsp3) is 0.0541. The lowest BCUT2D eigenvalue weighted by Crippen LogP contribution is -2.30. The molecule has 47 heavy (non-hydrogen) atoms. The quantitative estimate of drug-likeness (QED) is 0.113. The molecule has 1 aliphatic carbocycles. The Kier molecular flexibility index (Phi) is 9.23. The third kappa shape index (κ3) is 6.99. The van der Waals surface area contributed by atoms with Gasteiger partial charge in [-0.15, -0.1) is 11.8 Å². The normalized spacial score (nSPS) is 12.8. The van der Waals surface area contributed by atoms with Crippen LogP contribution >= 0.6 is 23.1 Å². The number of nitrogens with one attached hydrogen (secondary N) is 3. The fourth-order valence-electron chi connectivity index (χ4n) is 5.02. The molecule has 3 amide bonds. The van der Waals surface area contributed by atoms with Crippen molar-refractivity contribution in [3.63, 3.8) is 0 Å². The van der Waals surface area contributed by atoms with Gasteiger partial charge in [0.15, 0.2) is 11.6 Å². The molecule has 0 fully saturated rings. The standard InChI is InChI=1S/C37H27N3O5S2/c1-22(35(43)39-30-13-7-12-29-32(30)34(42)28-11-6-5-10-27(28)33(29)41)47-26-16-14-25(15-17-26)38-37(45)31(20-23-18-19-46-21-23)40-36(44)24-8-3-2-4-9-24/h2-22H,1H3,(H,38,45)(H,39,43)(H,40,44)/b31-20-. The first-order valence-corrected chi connectivity index (χ1v) is 16.4. The number of fused-ring (bicyclic) bond motifs is 2. The van der Waals surface area contributed by atoms with Crippen LogP contribution in [0.25, 0.3) is 6.08 Å². The van der Waals surface area contributed by atoms with E-state index in [2.05, 4.69) is 16.0 Å². The minimum atomic E-state index is -0.554. The van der Waals surface area contributed by atoms with Crippen LogP contribution in [0, 0.1) is 0 Å². The van der Waals surface area contributed by atoms with Gasteiger partial charge in [-0.1, -0.05) is 54.6 Å². The van der Waals surface area contributed by atoms with E-state index in [9.17, 15) is 24.0 Å². The Hall–Kier alpha value is -5.58. The van der Waals surface area contributed by atoms with Crippen LogP contribution in [-0.4, -0.2) is 34.5 Å². The van der Waals surface area contributed by atoms with Crippen molar-refractivity contribution in [2.24, 2.45) is 0 Å². The summed E-state index contributed by atoms with van der Waals surface area (Å²) in [6.07, 6.45) is 1.61. The van der Waals surface area contributed by atoms with Crippen molar-refractivity contribution in [2.45, 2.75) is 17.1 Å². The summed E-state index contributed by atoms with van der Waals surface area (Å²) in [5.41, 5.74) is 3.20. The number of amides is 3. The van der Waals surface area contributed by atoms with Crippen LogP contribution in [-0.2, 0) is 9.59 Å². The average molecular weight is 658 g/mol. The minimum Gasteiger partial charge on any atom is -0.324 e. The Balaban J connectivity index is 1.11. The number of thiophene rings is 1. The predicted octanol–water partition coefficient (Wildman–Crippen LogP) is 7.05. The molecule has 6 rings (SSSR count). The van der Waals surface area contributed by atoms with E-state index in [0.29, 0.717) is 22.4 Å². The van der Waals surface area contributed by atoms with E-state index in [0.717, 1.165) is 10.5 Å². The zero-order valence-corrected chi connectivity index (χ0v) is 26.6. The van der Waals surface area contributed by atoms with Crippen LogP contribution in [0.2, 0.25) is 0 Å². The highest BCUT2D eigenvalue weighted by molar-refractivity contribution is 8.00. The second-order valence-corrected chi connectivity index (χ2v) is 12.8. The van der Waals surface area contributed by atoms with E-state index in [1.54, 1.807) is 110 Å². The van der Waals surface area contributed by atoms with Crippen LogP contribution < -0.4 is 16.0 Å². The molecule has 0 spiro atoms. The number of benzene rings is 4. The average Bonchev–Trinajstić information content (AvgIpc) is 3.61. The maximum absolute atomic E-state index is 13.3. The summed E-state index contributed by atoms with van der Waals surface area (Å²) in [5, 5.41) is 11.6. The van der Waals surface area contributed by atoms with E-state index < -0.39 is 17.1 Å².